The fourth-order valence-electron chi connectivity index (χ4n) is 4.05. The standard InChI is InChI=1S/C23H14F3N7O2/c24-16-4-2-13(8-18(16)26)19-10-35-23(34)33(19)20-5-6-32-22(30-20)15(9-29-32)12-1-3-14(17(25)7-12)21-27-11-28-31-21/h1-9,11,19H,10H2,(H,27,28,31)/t19-/m0/s1. The van der Waals surface area contributed by atoms with Crippen LogP contribution in [-0.4, -0.2) is 42.5 Å². The van der Waals surface area contributed by atoms with Crippen LogP contribution in [-0.2, 0) is 4.74 Å². The van der Waals surface area contributed by atoms with Gasteiger partial charge >= 0.3 is 6.09 Å². The molecule has 1 atom stereocenters. The number of benzene rings is 2. The molecule has 0 radical (unpaired) electrons. The molecule has 3 aromatic heterocycles. The zero-order chi connectivity index (χ0) is 24.1. The Morgan fingerprint density at radius 2 is 1.89 bits per heavy atom. The van der Waals surface area contributed by atoms with Crippen LogP contribution in [0.2, 0.25) is 0 Å². The number of amides is 1. The number of aromatic amines is 1. The normalized spacial score (nSPS) is 15.7. The second kappa shape index (κ2) is 7.94. The second-order valence-corrected chi connectivity index (χ2v) is 7.78. The van der Waals surface area contributed by atoms with Crippen molar-refractivity contribution in [2.45, 2.75) is 6.04 Å². The molecule has 1 aliphatic rings. The number of hydrogen-bond acceptors (Lipinski definition) is 6. The Morgan fingerprint density at radius 3 is 2.66 bits per heavy atom. The van der Waals surface area contributed by atoms with Gasteiger partial charge in [-0.1, -0.05) is 12.1 Å². The first-order valence-corrected chi connectivity index (χ1v) is 10.4. The number of ether oxygens (including phenoxy) is 1. The minimum absolute atomic E-state index is 0.0583. The van der Waals surface area contributed by atoms with E-state index in [1.165, 1.54) is 34.1 Å². The Labute approximate surface area is 194 Å². The predicted molar refractivity (Wildman–Crippen MR) is 117 cm³/mol. The van der Waals surface area contributed by atoms with E-state index in [0.29, 0.717) is 28.2 Å². The molecule has 174 valence electrons. The van der Waals surface area contributed by atoms with Gasteiger partial charge in [-0.3, -0.25) is 10.00 Å². The smallest absolute Gasteiger partial charge is 0.416 e. The SMILES string of the molecule is O=C1OC[C@@H](c2ccc(F)c(F)c2)N1c1ccn2ncc(-c3ccc(-c4ncn[nH]4)c(F)c3)c2n1. The number of rotatable bonds is 4. The highest BCUT2D eigenvalue weighted by Gasteiger charge is 2.37. The van der Waals surface area contributed by atoms with Crippen LogP contribution in [0, 0.1) is 17.5 Å². The average molecular weight is 477 g/mol. The van der Waals surface area contributed by atoms with Crippen LogP contribution in [0.5, 0.6) is 0 Å². The number of nitrogens with zero attached hydrogens (tertiary/aromatic N) is 6. The first kappa shape index (κ1) is 20.8. The zero-order valence-corrected chi connectivity index (χ0v) is 17.7. The lowest BCUT2D eigenvalue weighted by molar-refractivity contribution is 0.179. The largest absolute Gasteiger partial charge is 0.447 e. The summed E-state index contributed by atoms with van der Waals surface area (Å²) >= 11 is 0. The van der Waals surface area contributed by atoms with E-state index < -0.39 is 29.6 Å². The average Bonchev–Trinajstić information content (AvgIpc) is 3.60. The monoisotopic (exact) mass is 477 g/mol. The minimum atomic E-state index is -1.03. The first-order valence-electron chi connectivity index (χ1n) is 10.4. The van der Waals surface area contributed by atoms with Gasteiger partial charge in [-0.2, -0.15) is 10.2 Å². The van der Waals surface area contributed by atoms with Crippen LogP contribution in [0.15, 0.2) is 61.2 Å². The molecule has 12 heteroatoms. The molecule has 1 amide bonds. The Bertz CT molecular complexity index is 1590. The van der Waals surface area contributed by atoms with Gasteiger partial charge in [0.1, 0.15) is 30.6 Å². The Hall–Kier alpha value is -4.74. The van der Waals surface area contributed by atoms with Gasteiger partial charge in [0.25, 0.3) is 0 Å². The molecule has 0 spiro atoms. The van der Waals surface area contributed by atoms with E-state index in [1.54, 1.807) is 24.4 Å². The van der Waals surface area contributed by atoms with Crippen molar-refractivity contribution in [3.8, 4) is 22.5 Å². The van der Waals surface area contributed by atoms with Crippen LogP contribution < -0.4 is 4.90 Å². The van der Waals surface area contributed by atoms with E-state index in [0.717, 1.165) is 12.1 Å². The van der Waals surface area contributed by atoms with Gasteiger partial charge in [-0.25, -0.2) is 32.4 Å². The zero-order valence-electron chi connectivity index (χ0n) is 17.7. The number of fused-ring (bicyclic) bond motifs is 1. The third-order valence-electron chi connectivity index (χ3n) is 5.75. The molecule has 0 aliphatic carbocycles. The summed E-state index contributed by atoms with van der Waals surface area (Å²) in [5, 5.41) is 10.6. The van der Waals surface area contributed by atoms with Gasteiger partial charge in [0.15, 0.2) is 23.1 Å². The van der Waals surface area contributed by atoms with E-state index in [-0.39, 0.29) is 18.0 Å². The van der Waals surface area contributed by atoms with Gasteiger partial charge < -0.3 is 4.74 Å². The van der Waals surface area contributed by atoms with Crippen molar-refractivity contribution in [2.24, 2.45) is 0 Å². The molecule has 0 unspecified atom stereocenters. The van der Waals surface area contributed by atoms with Crippen molar-refractivity contribution in [3.05, 3.63) is 84.2 Å². The molecule has 1 saturated heterocycles. The van der Waals surface area contributed by atoms with E-state index in [2.05, 4.69) is 25.3 Å². The molecule has 4 heterocycles. The van der Waals surface area contributed by atoms with Crippen molar-refractivity contribution in [1.29, 1.82) is 0 Å². The third kappa shape index (κ3) is 3.46. The Balaban J connectivity index is 1.40. The highest BCUT2D eigenvalue weighted by atomic mass is 19.2. The van der Waals surface area contributed by atoms with Gasteiger partial charge in [-0.05, 0) is 41.5 Å². The highest BCUT2D eigenvalue weighted by molar-refractivity contribution is 5.90. The minimum Gasteiger partial charge on any atom is -0.447 e. The molecular weight excluding hydrogens is 463 g/mol. The van der Waals surface area contributed by atoms with Crippen molar-refractivity contribution in [2.75, 3.05) is 11.5 Å². The fourth-order valence-corrected chi connectivity index (χ4v) is 4.05. The van der Waals surface area contributed by atoms with Crippen molar-refractivity contribution in [3.63, 3.8) is 0 Å². The Morgan fingerprint density at radius 1 is 1.00 bits per heavy atom. The maximum atomic E-state index is 14.8. The lowest BCUT2D eigenvalue weighted by Gasteiger charge is -2.21. The van der Waals surface area contributed by atoms with Crippen molar-refractivity contribution >= 4 is 17.6 Å². The summed E-state index contributed by atoms with van der Waals surface area (Å²) in [4.78, 5) is 22.3. The van der Waals surface area contributed by atoms with E-state index in [1.807, 2.05) is 0 Å². The summed E-state index contributed by atoms with van der Waals surface area (Å²) < 4.78 is 48.7. The summed E-state index contributed by atoms with van der Waals surface area (Å²) in [6.07, 6.45) is 3.73. The number of cyclic esters (lactones) is 1. The molecular formula is C23H14F3N7O2. The summed E-state index contributed by atoms with van der Waals surface area (Å²) in [5.41, 5.74) is 2.00. The summed E-state index contributed by atoms with van der Waals surface area (Å²) in [5.74, 6) is -2.02. The third-order valence-corrected chi connectivity index (χ3v) is 5.75. The van der Waals surface area contributed by atoms with Crippen LogP contribution in [0.3, 0.4) is 0 Å². The second-order valence-electron chi connectivity index (χ2n) is 7.78. The number of halogens is 3. The molecule has 9 nitrogen and oxygen atoms in total. The lowest BCUT2D eigenvalue weighted by Crippen LogP contribution is -2.28. The molecule has 1 N–H and O–H groups in total. The number of H-pyrrole nitrogens is 1. The van der Waals surface area contributed by atoms with E-state index in [4.69, 9.17) is 4.74 Å². The van der Waals surface area contributed by atoms with E-state index >= 15 is 0 Å². The number of aromatic nitrogens is 6. The van der Waals surface area contributed by atoms with Crippen molar-refractivity contribution < 1.29 is 22.7 Å². The lowest BCUT2D eigenvalue weighted by atomic mass is 10.1. The summed E-state index contributed by atoms with van der Waals surface area (Å²) in [6, 6.07) is 8.84. The topological polar surface area (TPSA) is 101 Å². The predicted octanol–water partition coefficient (Wildman–Crippen LogP) is 4.30. The maximum absolute atomic E-state index is 14.8. The molecule has 5 aromatic rings. The maximum Gasteiger partial charge on any atom is 0.416 e. The van der Waals surface area contributed by atoms with Crippen molar-refractivity contribution in [1.82, 2.24) is 29.8 Å². The van der Waals surface area contributed by atoms with Crippen LogP contribution >= 0.6 is 0 Å². The molecule has 1 fully saturated rings. The summed E-state index contributed by atoms with van der Waals surface area (Å²) in [7, 11) is 0. The van der Waals surface area contributed by atoms with Gasteiger partial charge in [0.2, 0.25) is 0 Å². The number of carbonyl (C=O) groups is 1. The molecule has 1 aliphatic heterocycles. The Kier molecular flexibility index (Phi) is 4.73. The molecule has 2 aromatic carbocycles. The molecule has 35 heavy (non-hydrogen) atoms. The quantitative estimate of drug-likeness (QED) is 0.414. The molecule has 6 rings (SSSR count). The molecule has 0 saturated carbocycles. The number of hydrogen-bond donors (Lipinski definition) is 1. The fraction of sp³-hybridized carbons (Fsp3) is 0.0870. The van der Waals surface area contributed by atoms with E-state index in [9.17, 15) is 18.0 Å². The molecule has 0 bridgehead atoms. The van der Waals surface area contributed by atoms with Crippen LogP contribution in [0.1, 0.15) is 11.6 Å². The number of carbonyl (C=O) groups excluding carboxylic acids is 1. The van der Waals surface area contributed by atoms with Gasteiger partial charge in [-0.15, -0.1) is 0 Å². The highest BCUT2D eigenvalue weighted by Crippen LogP contribution is 2.34. The summed E-state index contributed by atoms with van der Waals surface area (Å²) in [6.45, 7) is -0.0583. The number of nitrogens with one attached hydrogen (secondary N) is 1. The van der Waals surface area contributed by atoms with Crippen LogP contribution in [0.25, 0.3) is 28.2 Å². The van der Waals surface area contributed by atoms with Gasteiger partial charge in [0.05, 0.1) is 11.8 Å². The van der Waals surface area contributed by atoms with Gasteiger partial charge in [0, 0.05) is 11.8 Å². The number of anilines is 1. The van der Waals surface area contributed by atoms with Crippen LogP contribution in [0.4, 0.5) is 23.8 Å². The first-order chi connectivity index (χ1) is 17.0.